The lowest BCUT2D eigenvalue weighted by molar-refractivity contribution is 0.0945. The average Bonchev–Trinajstić information content (AvgIpc) is 2.72. The molecule has 1 aromatic heterocycles. The van der Waals surface area contributed by atoms with Gasteiger partial charge in [-0.05, 0) is 50.5 Å². The molecule has 7 N–H and O–H groups in total. The Hall–Kier alpha value is -3.40. The van der Waals surface area contributed by atoms with E-state index in [9.17, 15) is 14.0 Å². The van der Waals surface area contributed by atoms with Crippen LogP contribution in [0.4, 0.5) is 21.7 Å². The lowest BCUT2D eigenvalue weighted by atomic mass is 9.80. The van der Waals surface area contributed by atoms with Crippen molar-refractivity contribution in [2.75, 3.05) is 10.6 Å². The lowest BCUT2D eigenvalue weighted by Crippen LogP contribution is -2.55. The largest absolute Gasteiger partial charge is 0.364 e. The van der Waals surface area contributed by atoms with Crippen molar-refractivity contribution < 1.29 is 14.0 Å². The maximum atomic E-state index is 14.6. The molecule has 1 aliphatic carbocycles. The zero-order valence-corrected chi connectivity index (χ0v) is 17.2. The van der Waals surface area contributed by atoms with Crippen molar-refractivity contribution >= 4 is 35.2 Å². The van der Waals surface area contributed by atoms with E-state index >= 15 is 0 Å². The molecular weight excluding hydrogens is 401 g/mol. The highest BCUT2D eigenvalue weighted by Crippen LogP contribution is 2.32. The third-order valence-corrected chi connectivity index (χ3v) is 5.41. The van der Waals surface area contributed by atoms with Crippen LogP contribution in [0.3, 0.4) is 0 Å². The first-order valence-electron chi connectivity index (χ1n) is 9.98. The number of rotatable bonds is 8. The molecule has 31 heavy (non-hydrogen) atoms. The van der Waals surface area contributed by atoms with E-state index < -0.39 is 17.6 Å². The highest BCUT2D eigenvalue weighted by molar-refractivity contribution is 6.03. The number of ketones is 1. The van der Waals surface area contributed by atoms with Gasteiger partial charge in [0, 0.05) is 29.9 Å². The predicted molar refractivity (Wildman–Crippen MR) is 117 cm³/mol. The number of hydrogen-bond donors (Lipinski definition) is 5. The van der Waals surface area contributed by atoms with E-state index in [1.54, 1.807) is 24.3 Å². The fourth-order valence-corrected chi connectivity index (χ4v) is 3.60. The Balaban J connectivity index is 1.81. The molecule has 1 saturated carbocycles. The van der Waals surface area contributed by atoms with Crippen LogP contribution >= 0.6 is 0 Å². The number of benzene rings is 1. The van der Waals surface area contributed by atoms with Crippen LogP contribution in [-0.4, -0.2) is 45.6 Å². The summed E-state index contributed by atoms with van der Waals surface area (Å²) in [4.78, 5) is 32.1. The summed E-state index contributed by atoms with van der Waals surface area (Å²) in [7, 11) is 0. The quantitative estimate of drug-likeness (QED) is 0.320. The molecule has 0 bridgehead atoms. The van der Waals surface area contributed by atoms with Gasteiger partial charge in [0.25, 0.3) is 5.91 Å². The molecule has 2 aromatic rings. The Morgan fingerprint density at radius 3 is 2.71 bits per heavy atom. The van der Waals surface area contributed by atoms with Gasteiger partial charge in [-0.15, -0.1) is 0 Å². The number of nitrogens with one attached hydrogen (secondary N) is 3. The minimum Gasteiger partial charge on any atom is -0.364 e. The summed E-state index contributed by atoms with van der Waals surface area (Å²) in [5, 5.41) is 13.1. The monoisotopic (exact) mass is 427 g/mol. The minimum absolute atomic E-state index is 0.0268. The summed E-state index contributed by atoms with van der Waals surface area (Å²) < 4.78 is 14.6. The van der Waals surface area contributed by atoms with Crippen LogP contribution in [0.15, 0.2) is 30.5 Å². The number of carbonyl (C=O) groups excluding carboxylic acids is 2. The van der Waals surface area contributed by atoms with Crippen molar-refractivity contribution in [3.63, 3.8) is 0 Å². The number of nitrogens with zero attached hydrogens (tertiary/aromatic N) is 2. The molecule has 164 valence electrons. The molecule has 1 aliphatic rings. The first-order valence-corrected chi connectivity index (χ1v) is 9.98. The number of carbonyl (C=O) groups is 2. The fourth-order valence-electron chi connectivity index (χ4n) is 3.60. The molecule has 1 amide bonds. The Kier molecular flexibility index (Phi) is 6.59. The van der Waals surface area contributed by atoms with Crippen molar-refractivity contribution in [1.82, 2.24) is 9.97 Å². The van der Waals surface area contributed by atoms with Crippen molar-refractivity contribution in [1.29, 1.82) is 5.41 Å². The van der Waals surface area contributed by atoms with Crippen LogP contribution in [0.2, 0.25) is 0 Å². The number of alkyl halides is 1. The van der Waals surface area contributed by atoms with Gasteiger partial charge in [-0.3, -0.25) is 9.59 Å². The van der Waals surface area contributed by atoms with E-state index in [1.807, 2.05) is 0 Å². The zero-order chi connectivity index (χ0) is 22.6. The van der Waals surface area contributed by atoms with E-state index in [-0.39, 0.29) is 29.8 Å². The number of halogens is 1. The highest BCUT2D eigenvalue weighted by atomic mass is 19.1. The second kappa shape index (κ2) is 9.17. The van der Waals surface area contributed by atoms with Crippen LogP contribution in [0.25, 0.3) is 0 Å². The van der Waals surface area contributed by atoms with Crippen molar-refractivity contribution in [3.8, 4) is 0 Å². The summed E-state index contributed by atoms with van der Waals surface area (Å²) in [5.41, 5.74) is 11.0. The Morgan fingerprint density at radius 1 is 1.35 bits per heavy atom. The number of Topliss-reactive ketones (excluding diaryl/α,β-unsaturated/α-hetero) is 1. The van der Waals surface area contributed by atoms with Crippen LogP contribution < -0.4 is 22.1 Å². The first-order chi connectivity index (χ1) is 14.7. The highest BCUT2D eigenvalue weighted by Gasteiger charge is 2.40. The molecule has 10 heteroatoms. The van der Waals surface area contributed by atoms with Crippen molar-refractivity contribution in [3.05, 3.63) is 41.7 Å². The Bertz CT molecular complexity index is 978. The van der Waals surface area contributed by atoms with Crippen molar-refractivity contribution in [2.24, 2.45) is 11.5 Å². The predicted octanol–water partition coefficient (Wildman–Crippen LogP) is 2.56. The van der Waals surface area contributed by atoms with Crippen molar-refractivity contribution in [2.45, 2.75) is 50.4 Å². The molecule has 0 radical (unpaired) electrons. The maximum absolute atomic E-state index is 14.6. The number of nitrogens with two attached hydrogens (primary N) is 2. The van der Waals surface area contributed by atoms with Gasteiger partial charge in [0.05, 0.1) is 12.2 Å². The Labute approximate surface area is 179 Å². The summed E-state index contributed by atoms with van der Waals surface area (Å²) in [6.45, 7) is 1.50. The zero-order valence-electron chi connectivity index (χ0n) is 17.2. The summed E-state index contributed by atoms with van der Waals surface area (Å²) in [5.74, 6) is -0.467. The number of anilines is 3. The van der Waals surface area contributed by atoms with Crippen LogP contribution in [0.5, 0.6) is 0 Å². The summed E-state index contributed by atoms with van der Waals surface area (Å²) in [6, 6.07) is 5.48. The molecule has 1 heterocycles. The second-order valence-corrected chi connectivity index (χ2v) is 7.80. The third kappa shape index (κ3) is 5.21. The Morgan fingerprint density at radius 2 is 2.06 bits per heavy atom. The molecule has 9 nitrogen and oxygen atoms in total. The SMILES string of the molecule is CC1(F)CCCC(Nc2cnc(C(N)=O)c(Nc3ccc(C(=O)CC=N)cc3)n2)C1N. The van der Waals surface area contributed by atoms with E-state index in [0.717, 1.165) is 6.21 Å². The maximum Gasteiger partial charge on any atom is 0.271 e. The molecule has 1 aromatic carbocycles. The number of aromatic nitrogens is 2. The van der Waals surface area contributed by atoms with Gasteiger partial charge in [-0.25, -0.2) is 14.4 Å². The number of amides is 1. The molecular formula is C21H26FN7O2. The van der Waals surface area contributed by atoms with E-state index in [4.69, 9.17) is 16.9 Å². The molecule has 0 spiro atoms. The molecule has 3 rings (SSSR count). The third-order valence-electron chi connectivity index (χ3n) is 5.41. The van der Waals surface area contributed by atoms with Crippen LogP contribution in [-0.2, 0) is 0 Å². The van der Waals surface area contributed by atoms with Gasteiger partial charge in [-0.2, -0.15) is 0 Å². The molecule has 0 aliphatic heterocycles. The molecule has 1 fully saturated rings. The standard InChI is InChI=1S/C21H26FN7O2/c1-21(22)9-2-3-14(18(21)24)28-16-11-26-17(19(25)31)20(29-16)27-13-6-4-12(5-7-13)15(30)8-10-23/h4-7,10-11,14,18,23H,2-3,8-9,24H2,1H3,(H2,25,31)(H2,27,28,29). The van der Waals surface area contributed by atoms with Crippen LogP contribution in [0, 0.1) is 5.41 Å². The van der Waals surface area contributed by atoms with Gasteiger partial charge in [-0.1, -0.05) is 0 Å². The smallest absolute Gasteiger partial charge is 0.271 e. The van der Waals surface area contributed by atoms with Gasteiger partial charge in [0.2, 0.25) is 0 Å². The average molecular weight is 427 g/mol. The van der Waals surface area contributed by atoms with Gasteiger partial charge in [0.1, 0.15) is 11.5 Å². The molecule has 0 saturated heterocycles. The van der Waals surface area contributed by atoms with E-state index in [1.165, 1.54) is 13.1 Å². The second-order valence-electron chi connectivity index (χ2n) is 7.80. The van der Waals surface area contributed by atoms with E-state index in [2.05, 4.69) is 20.6 Å². The van der Waals surface area contributed by atoms with Gasteiger partial charge >= 0.3 is 0 Å². The van der Waals surface area contributed by atoms with Crippen LogP contribution in [0.1, 0.15) is 53.5 Å². The normalized spacial score (nSPS) is 23.1. The summed E-state index contributed by atoms with van der Waals surface area (Å²) in [6.07, 6.45) is 4.22. The first kappa shape index (κ1) is 22.3. The summed E-state index contributed by atoms with van der Waals surface area (Å²) >= 11 is 0. The van der Waals surface area contributed by atoms with Gasteiger partial charge in [0.15, 0.2) is 17.3 Å². The molecule has 3 atom stereocenters. The minimum atomic E-state index is -1.48. The number of primary amides is 1. The molecule has 3 unspecified atom stereocenters. The topological polar surface area (TPSA) is 160 Å². The van der Waals surface area contributed by atoms with Gasteiger partial charge < -0.3 is 27.5 Å². The lowest BCUT2D eigenvalue weighted by Gasteiger charge is -2.39. The van der Waals surface area contributed by atoms with E-state index in [0.29, 0.717) is 36.3 Å². The fraction of sp³-hybridized carbons (Fsp3) is 0.381. The number of hydrogen-bond acceptors (Lipinski definition) is 8.